The topological polar surface area (TPSA) is 45.8 Å². The molecule has 0 amide bonds. The number of nitrogens with one attached hydrogen (secondary N) is 1. The maximum absolute atomic E-state index is 10.6. The lowest BCUT2D eigenvalue weighted by atomic mass is 9.77. The molecule has 0 unspecified atom stereocenters. The molecule has 0 radical (unpaired) electrons. The van der Waals surface area contributed by atoms with Crippen molar-refractivity contribution in [1.29, 1.82) is 0 Å². The van der Waals surface area contributed by atoms with Crippen LogP contribution in [0, 0.1) is 11.8 Å². The molecule has 3 heteroatoms. The van der Waals surface area contributed by atoms with Gasteiger partial charge in [0.25, 0.3) is 0 Å². The second-order valence-corrected chi connectivity index (χ2v) is 5.20. The van der Waals surface area contributed by atoms with E-state index in [4.69, 9.17) is 0 Å². The Morgan fingerprint density at radius 3 is 2.56 bits per heavy atom. The van der Waals surface area contributed by atoms with Gasteiger partial charge in [-0.25, -0.2) is 4.98 Å². The number of carbonyl (C=O) groups excluding carboxylic acids is 1. The molecule has 16 heavy (non-hydrogen) atoms. The number of hydrogen-bond acceptors (Lipinski definition) is 2. The van der Waals surface area contributed by atoms with E-state index in [1.165, 1.54) is 25.7 Å². The molecule has 0 aliphatic heterocycles. The fourth-order valence-electron chi connectivity index (χ4n) is 2.68. The predicted octanol–water partition coefficient (Wildman–Crippen LogP) is 3.15. The number of rotatable bonds is 3. The van der Waals surface area contributed by atoms with Crippen LogP contribution in [0.15, 0.2) is 6.20 Å². The summed E-state index contributed by atoms with van der Waals surface area (Å²) in [4.78, 5) is 18.0. The van der Waals surface area contributed by atoms with Gasteiger partial charge in [-0.2, -0.15) is 0 Å². The Morgan fingerprint density at radius 2 is 2.06 bits per heavy atom. The number of aromatic amines is 1. The Morgan fingerprint density at radius 1 is 1.38 bits per heavy atom. The number of aldehydes is 1. The lowest BCUT2D eigenvalue weighted by molar-refractivity contribution is 0.111. The molecule has 0 saturated heterocycles. The van der Waals surface area contributed by atoms with Gasteiger partial charge in [0.05, 0.1) is 11.9 Å². The minimum atomic E-state index is 0.531. The van der Waals surface area contributed by atoms with Crippen molar-refractivity contribution < 1.29 is 4.79 Å². The SMILES string of the molecule is CC(C)C1CCC(c2ncc(C=O)[nH]2)CC1. The highest BCUT2D eigenvalue weighted by Crippen LogP contribution is 2.37. The standard InChI is InChI=1S/C13H20N2O/c1-9(2)10-3-5-11(6-4-10)13-14-7-12(8-16)15-13/h7-11H,3-6H2,1-2H3,(H,14,15). The maximum Gasteiger partial charge on any atom is 0.167 e. The summed E-state index contributed by atoms with van der Waals surface area (Å²) in [5.74, 6) is 3.20. The van der Waals surface area contributed by atoms with Crippen LogP contribution >= 0.6 is 0 Å². The average molecular weight is 220 g/mol. The normalized spacial score (nSPS) is 25.9. The van der Waals surface area contributed by atoms with Gasteiger partial charge >= 0.3 is 0 Å². The molecule has 1 fully saturated rings. The molecule has 0 aromatic carbocycles. The maximum atomic E-state index is 10.6. The molecule has 1 aliphatic rings. The van der Waals surface area contributed by atoms with Gasteiger partial charge < -0.3 is 4.98 Å². The molecule has 1 saturated carbocycles. The first-order chi connectivity index (χ1) is 7.70. The van der Waals surface area contributed by atoms with Crippen molar-refractivity contribution in [1.82, 2.24) is 9.97 Å². The van der Waals surface area contributed by atoms with Crippen molar-refractivity contribution >= 4 is 6.29 Å². The lowest BCUT2D eigenvalue weighted by Gasteiger charge is -2.29. The van der Waals surface area contributed by atoms with Crippen LogP contribution in [0.1, 0.15) is 61.8 Å². The first-order valence-electron chi connectivity index (χ1n) is 6.20. The summed E-state index contributed by atoms with van der Waals surface area (Å²) in [6.45, 7) is 4.62. The highest BCUT2D eigenvalue weighted by Gasteiger charge is 2.25. The van der Waals surface area contributed by atoms with Gasteiger partial charge in [-0.3, -0.25) is 4.79 Å². The van der Waals surface area contributed by atoms with Gasteiger partial charge in [-0.1, -0.05) is 13.8 Å². The van der Waals surface area contributed by atoms with Crippen LogP contribution < -0.4 is 0 Å². The van der Waals surface area contributed by atoms with Crippen molar-refractivity contribution in [3.05, 3.63) is 17.7 Å². The van der Waals surface area contributed by atoms with Crippen LogP contribution in [0.3, 0.4) is 0 Å². The molecule has 0 bridgehead atoms. The van der Waals surface area contributed by atoms with Crippen molar-refractivity contribution in [3.63, 3.8) is 0 Å². The van der Waals surface area contributed by atoms with Crippen molar-refractivity contribution in [3.8, 4) is 0 Å². The second-order valence-electron chi connectivity index (χ2n) is 5.20. The fraction of sp³-hybridized carbons (Fsp3) is 0.692. The zero-order valence-corrected chi connectivity index (χ0v) is 10.1. The third kappa shape index (κ3) is 2.34. The van der Waals surface area contributed by atoms with Crippen molar-refractivity contribution in [2.24, 2.45) is 11.8 Å². The number of imidazole rings is 1. The number of hydrogen-bond donors (Lipinski definition) is 1. The van der Waals surface area contributed by atoms with Gasteiger partial charge in [0, 0.05) is 5.92 Å². The summed E-state index contributed by atoms with van der Waals surface area (Å²) in [5.41, 5.74) is 0.598. The van der Waals surface area contributed by atoms with Crippen molar-refractivity contribution in [2.45, 2.75) is 45.4 Å². The molecule has 1 aliphatic carbocycles. The monoisotopic (exact) mass is 220 g/mol. The quantitative estimate of drug-likeness (QED) is 0.795. The van der Waals surface area contributed by atoms with Gasteiger partial charge in [0.2, 0.25) is 0 Å². The van der Waals surface area contributed by atoms with E-state index in [1.54, 1.807) is 6.20 Å². The van der Waals surface area contributed by atoms with Gasteiger partial charge in [-0.15, -0.1) is 0 Å². The molecule has 1 aromatic heterocycles. The van der Waals surface area contributed by atoms with Crippen LogP contribution in [-0.4, -0.2) is 16.3 Å². The Bertz CT molecular complexity index is 349. The molecule has 1 N–H and O–H groups in total. The summed E-state index contributed by atoms with van der Waals surface area (Å²) < 4.78 is 0. The Kier molecular flexibility index (Phi) is 3.42. The average Bonchev–Trinajstić information content (AvgIpc) is 2.77. The van der Waals surface area contributed by atoms with Crippen LogP contribution in [0.5, 0.6) is 0 Å². The molecule has 2 rings (SSSR count). The van der Waals surface area contributed by atoms with E-state index in [0.717, 1.165) is 23.9 Å². The van der Waals surface area contributed by atoms with E-state index in [0.29, 0.717) is 11.6 Å². The smallest absolute Gasteiger partial charge is 0.167 e. The fourth-order valence-corrected chi connectivity index (χ4v) is 2.68. The summed E-state index contributed by atoms with van der Waals surface area (Å²) in [7, 11) is 0. The predicted molar refractivity (Wildman–Crippen MR) is 63.5 cm³/mol. The third-order valence-corrected chi connectivity index (χ3v) is 3.84. The zero-order chi connectivity index (χ0) is 11.5. The molecule has 1 aromatic rings. The van der Waals surface area contributed by atoms with Crippen LogP contribution in [0.25, 0.3) is 0 Å². The number of nitrogens with zero attached hydrogens (tertiary/aromatic N) is 1. The Hall–Kier alpha value is -1.12. The molecule has 0 atom stereocenters. The van der Waals surface area contributed by atoms with Gasteiger partial charge in [-0.05, 0) is 37.5 Å². The van der Waals surface area contributed by atoms with Crippen LogP contribution in [-0.2, 0) is 0 Å². The van der Waals surface area contributed by atoms with Gasteiger partial charge in [0.15, 0.2) is 6.29 Å². The molecular weight excluding hydrogens is 200 g/mol. The second kappa shape index (κ2) is 4.81. The summed E-state index contributed by atoms with van der Waals surface area (Å²) >= 11 is 0. The van der Waals surface area contributed by atoms with Gasteiger partial charge in [0.1, 0.15) is 5.82 Å². The molecule has 3 nitrogen and oxygen atoms in total. The number of aromatic nitrogens is 2. The first-order valence-corrected chi connectivity index (χ1v) is 6.20. The van der Waals surface area contributed by atoms with Crippen molar-refractivity contribution in [2.75, 3.05) is 0 Å². The number of carbonyl (C=O) groups is 1. The third-order valence-electron chi connectivity index (χ3n) is 3.84. The molecule has 88 valence electrons. The van der Waals surface area contributed by atoms with E-state index >= 15 is 0 Å². The minimum absolute atomic E-state index is 0.531. The zero-order valence-electron chi connectivity index (χ0n) is 10.1. The van der Waals surface area contributed by atoms with Crippen LogP contribution in [0.4, 0.5) is 0 Å². The Balaban J connectivity index is 1.96. The molecular formula is C13H20N2O. The summed E-state index contributed by atoms with van der Waals surface area (Å²) in [6.07, 6.45) is 7.45. The first kappa shape index (κ1) is 11.4. The molecule has 0 spiro atoms. The summed E-state index contributed by atoms with van der Waals surface area (Å²) in [5, 5.41) is 0. The van der Waals surface area contributed by atoms with E-state index in [-0.39, 0.29) is 0 Å². The number of H-pyrrole nitrogens is 1. The molecule has 1 heterocycles. The lowest BCUT2D eigenvalue weighted by Crippen LogP contribution is -2.18. The highest BCUT2D eigenvalue weighted by atomic mass is 16.1. The van der Waals surface area contributed by atoms with E-state index in [9.17, 15) is 4.79 Å². The minimum Gasteiger partial charge on any atom is -0.340 e. The van der Waals surface area contributed by atoms with E-state index in [1.807, 2.05) is 0 Å². The largest absolute Gasteiger partial charge is 0.340 e. The van der Waals surface area contributed by atoms with Crippen LogP contribution in [0.2, 0.25) is 0 Å². The van der Waals surface area contributed by atoms with E-state index in [2.05, 4.69) is 23.8 Å². The Labute approximate surface area is 96.7 Å². The summed E-state index contributed by atoms with van der Waals surface area (Å²) in [6, 6.07) is 0. The van der Waals surface area contributed by atoms with E-state index < -0.39 is 0 Å². The highest BCUT2D eigenvalue weighted by molar-refractivity contribution is 5.71.